The van der Waals surface area contributed by atoms with E-state index in [1.54, 1.807) is 44.2 Å². The quantitative estimate of drug-likeness (QED) is 0.489. The van der Waals surface area contributed by atoms with Crippen molar-refractivity contribution < 1.29 is 27.5 Å². The second kappa shape index (κ2) is 11.3. The Bertz CT molecular complexity index is 1160. The highest BCUT2D eigenvalue weighted by atomic mass is 32.2. The molecule has 3 amide bonds. The summed E-state index contributed by atoms with van der Waals surface area (Å²) in [5.41, 5.74) is 4.53. The molecular formula is C24H31N3O6S. The third-order valence-electron chi connectivity index (χ3n) is 5.87. The molecule has 0 saturated carbocycles. The van der Waals surface area contributed by atoms with E-state index in [9.17, 15) is 22.8 Å². The number of carbonyl (C=O) groups excluding carboxylic acids is 3. The monoisotopic (exact) mass is 489 g/mol. The van der Waals surface area contributed by atoms with Crippen molar-refractivity contribution in [3.05, 3.63) is 63.7 Å². The summed E-state index contributed by atoms with van der Waals surface area (Å²) in [5, 5.41) is 4.34. The van der Waals surface area contributed by atoms with Gasteiger partial charge in [0.25, 0.3) is 5.91 Å². The number of benzene rings is 2. The summed E-state index contributed by atoms with van der Waals surface area (Å²) in [6.45, 7) is 9.00. The van der Waals surface area contributed by atoms with E-state index in [2.05, 4.69) is 15.4 Å². The van der Waals surface area contributed by atoms with Crippen molar-refractivity contribution in [3.63, 3.8) is 0 Å². The Kier molecular flexibility index (Phi) is 8.94. The number of esters is 1. The third kappa shape index (κ3) is 6.21. The molecule has 0 aromatic heterocycles. The molecule has 3 N–H and O–H groups in total. The van der Waals surface area contributed by atoms with Crippen LogP contribution in [0.3, 0.4) is 0 Å². The summed E-state index contributed by atoms with van der Waals surface area (Å²) >= 11 is 0. The van der Waals surface area contributed by atoms with Crippen LogP contribution in [-0.2, 0) is 24.3 Å². The normalized spacial score (nSPS) is 12.1. The molecule has 0 aliphatic carbocycles. The van der Waals surface area contributed by atoms with E-state index in [0.29, 0.717) is 16.7 Å². The van der Waals surface area contributed by atoms with Crippen LogP contribution in [-0.4, -0.2) is 39.9 Å². The van der Waals surface area contributed by atoms with Crippen LogP contribution in [0.5, 0.6) is 0 Å². The first-order valence-corrected chi connectivity index (χ1v) is 12.2. The molecule has 2 rings (SSSR count). The van der Waals surface area contributed by atoms with Gasteiger partial charge in [-0.15, -0.1) is 0 Å². The molecule has 0 bridgehead atoms. The number of hydrogen-bond donors (Lipinski definition) is 3. The van der Waals surface area contributed by atoms with Gasteiger partial charge >= 0.3 is 12.0 Å². The molecule has 10 heteroatoms. The highest BCUT2D eigenvalue weighted by Crippen LogP contribution is 2.29. The van der Waals surface area contributed by atoms with E-state index in [1.165, 1.54) is 7.05 Å². The summed E-state index contributed by atoms with van der Waals surface area (Å²) in [6, 6.07) is 7.47. The standard InChI is InChI=1S/C24H31N3O6S/c1-14-15(2)17(4)22(18(5)16(14)3)34(31,32)26-13-12-20(28)33-21(19-10-8-7-9-11-19)23(29)27-24(30)25-6/h7-11,21,26H,12-13H2,1-6H3,(H2,25,27,29,30). The van der Waals surface area contributed by atoms with E-state index in [0.717, 1.165) is 16.7 Å². The molecule has 1 atom stereocenters. The van der Waals surface area contributed by atoms with Gasteiger partial charge in [-0.25, -0.2) is 17.9 Å². The summed E-state index contributed by atoms with van der Waals surface area (Å²) in [4.78, 5) is 36.7. The zero-order chi connectivity index (χ0) is 25.6. The first kappa shape index (κ1) is 27.0. The number of hydrogen-bond acceptors (Lipinski definition) is 6. The number of sulfonamides is 1. The minimum atomic E-state index is -3.89. The Morgan fingerprint density at radius 1 is 0.882 bits per heavy atom. The van der Waals surface area contributed by atoms with Crippen LogP contribution in [0.1, 0.15) is 45.9 Å². The van der Waals surface area contributed by atoms with Gasteiger partial charge in [-0.05, 0) is 62.4 Å². The molecule has 0 fully saturated rings. The summed E-state index contributed by atoms with van der Waals surface area (Å²) < 4.78 is 33.8. The molecule has 9 nitrogen and oxygen atoms in total. The number of urea groups is 1. The predicted molar refractivity (Wildman–Crippen MR) is 128 cm³/mol. The highest BCUT2D eigenvalue weighted by molar-refractivity contribution is 7.89. The van der Waals surface area contributed by atoms with Crippen molar-refractivity contribution in [2.75, 3.05) is 13.6 Å². The Hall–Kier alpha value is -3.24. The van der Waals surface area contributed by atoms with Gasteiger partial charge in [-0.1, -0.05) is 30.3 Å². The minimum Gasteiger partial charge on any atom is -0.447 e. The molecule has 0 aliphatic heterocycles. The number of amides is 3. The molecule has 1 unspecified atom stereocenters. The van der Waals surface area contributed by atoms with E-state index >= 15 is 0 Å². The Morgan fingerprint density at radius 3 is 1.94 bits per heavy atom. The van der Waals surface area contributed by atoms with Crippen LogP contribution < -0.4 is 15.4 Å². The van der Waals surface area contributed by atoms with Crippen molar-refractivity contribution in [3.8, 4) is 0 Å². The average molecular weight is 490 g/mol. The number of carbonyl (C=O) groups is 3. The number of rotatable bonds is 8. The number of imide groups is 1. The molecule has 34 heavy (non-hydrogen) atoms. The fourth-order valence-corrected chi connectivity index (χ4v) is 5.19. The lowest BCUT2D eigenvalue weighted by atomic mass is 9.95. The zero-order valence-electron chi connectivity index (χ0n) is 20.2. The van der Waals surface area contributed by atoms with Crippen molar-refractivity contribution in [2.45, 2.75) is 52.0 Å². The van der Waals surface area contributed by atoms with Crippen LogP contribution in [0.15, 0.2) is 35.2 Å². The van der Waals surface area contributed by atoms with E-state index < -0.39 is 34.0 Å². The van der Waals surface area contributed by atoms with E-state index in [4.69, 9.17) is 4.74 Å². The van der Waals surface area contributed by atoms with Gasteiger partial charge in [0.2, 0.25) is 16.1 Å². The molecule has 0 heterocycles. The van der Waals surface area contributed by atoms with E-state index in [-0.39, 0.29) is 17.9 Å². The second-order valence-electron chi connectivity index (χ2n) is 7.95. The highest BCUT2D eigenvalue weighted by Gasteiger charge is 2.27. The first-order valence-electron chi connectivity index (χ1n) is 10.7. The molecule has 2 aromatic carbocycles. The van der Waals surface area contributed by atoms with Crippen molar-refractivity contribution >= 4 is 27.9 Å². The Labute approximate surface area is 200 Å². The average Bonchev–Trinajstić information content (AvgIpc) is 2.80. The summed E-state index contributed by atoms with van der Waals surface area (Å²) in [5.74, 6) is -1.62. The van der Waals surface area contributed by atoms with Crippen LogP contribution in [0.4, 0.5) is 4.79 Å². The number of nitrogens with one attached hydrogen (secondary N) is 3. The second-order valence-corrected chi connectivity index (χ2v) is 9.65. The SMILES string of the molecule is CNC(=O)NC(=O)C(OC(=O)CCNS(=O)(=O)c1c(C)c(C)c(C)c(C)c1C)c1ccccc1. The van der Waals surface area contributed by atoms with Gasteiger partial charge in [-0.3, -0.25) is 14.9 Å². The maximum Gasteiger partial charge on any atom is 0.321 e. The molecule has 0 saturated heterocycles. The lowest BCUT2D eigenvalue weighted by Crippen LogP contribution is -2.41. The van der Waals surface area contributed by atoms with Crippen LogP contribution >= 0.6 is 0 Å². The predicted octanol–water partition coefficient (Wildman–Crippen LogP) is 2.64. The van der Waals surface area contributed by atoms with Gasteiger partial charge < -0.3 is 10.1 Å². The van der Waals surface area contributed by atoms with Gasteiger partial charge in [0.1, 0.15) is 0 Å². The summed E-state index contributed by atoms with van der Waals surface area (Å²) in [6.07, 6.45) is -1.67. The number of ether oxygens (including phenoxy) is 1. The Balaban J connectivity index is 2.13. The zero-order valence-corrected chi connectivity index (χ0v) is 21.1. The van der Waals surface area contributed by atoms with Gasteiger partial charge in [0.05, 0.1) is 11.3 Å². The molecule has 184 valence electrons. The maximum atomic E-state index is 13.0. The lowest BCUT2D eigenvalue weighted by Gasteiger charge is -2.19. The van der Waals surface area contributed by atoms with Crippen LogP contribution in [0, 0.1) is 34.6 Å². The van der Waals surface area contributed by atoms with Crippen LogP contribution in [0.2, 0.25) is 0 Å². The van der Waals surface area contributed by atoms with E-state index in [1.807, 2.05) is 20.8 Å². The van der Waals surface area contributed by atoms with Gasteiger partial charge in [-0.2, -0.15) is 0 Å². The summed E-state index contributed by atoms with van der Waals surface area (Å²) in [7, 11) is -2.54. The van der Waals surface area contributed by atoms with Crippen molar-refractivity contribution in [1.29, 1.82) is 0 Å². The topological polar surface area (TPSA) is 131 Å². The fraction of sp³-hybridized carbons (Fsp3) is 0.375. The fourth-order valence-electron chi connectivity index (χ4n) is 3.56. The van der Waals surface area contributed by atoms with Gasteiger partial charge in [0.15, 0.2) is 0 Å². The largest absolute Gasteiger partial charge is 0.447 e. The smallest absolute Gasteiger partial charge is 0.321 e. The first-order chi connectivity index (χ1) is 15.9. The van der Waals surface area contributed by atoms with Gasteiger partial charge in [0, 0.05) is 19.2 Å². The minimum absolute atomic E-state index is 0.202. The third-order valence-corrected chi connectivity index (χ3v) is 7.61. The lowest BCUT2D eigenvalue weighted by molar-refractivity contribution is -0.156. The molecule has 0 aliphatic rings. The molecular weight excluding hydrogens is 458 g/mol. The maximum absolute atomic E-state index is 13.0. The van der Waals surface area contributed by atoms with Crippen molar-refractivity contribution in [1.82, 2.24) is 15.4 Å². The Morgan fingerprint density at radius 2 is 1.41 bits per heavy atom. The molecule has 0 radical (unpaired) electrons. The van der Waals surface area contributed by atoms with Crippen LogP contribution in [0.25, 0.3) is 0 Å². The molecule has 0 spiro atoms. The van der Waals surface area contributed by atoms with Crippen molar-refractivity contribution in [2.24, 2.45) is 0 Å². The molecule has 2 aromatic rings.